The molecule has 6 nitrogen and oxygen atoms in total. The van der Waals surface area contributed by atoms with Gasteiger partial charge in [-0.1, -0.05) is 12.1 Å². The fourth-order valence-corrected chi connectivity index (χ4v) is 1.77. The Morgan fingerprint density at radius 2 is 2.20 bits per heavy atom. The largest absolute Gasteiger partial charge is 0.393 e. The summed E-state index contributed by atoms with van der Waals surface area (Å²) in [6.07, 6.45) is 0.887. The number of aliphatic hydroxyl groups excluding tert-OH is 1. The molecule has 0 fully saturated rings. The highest BCUT2D eigenvalue weighted by molar-refractivity contribution is 5.76. The van der Waals surface area contributed by atoms with Crippen LogP contribution in [0, 0.1) is 10.1 Å². The molecule has 1 aromatic carbocycles. The van der Waals surface area contributed by atoms with Crippen LogP contribution in [0.3, 0.4) is 0 Å². The molecule has 0 spiro atoms. The van der Waals surface area contributed by atoms with Crippen molar-refractivity contribution in [2.75, 3.05) is 13.6 Å². The fraction of sp³-hybridized carbons (Fsp3) is 0.500. The number of rotatable bonds is 7. The molecule has 0 aliphatic heterocycles. The third-order valence-corrected chi connectivity index (χ3v) is 3.06. The number of aliphatic hydroxyl groups is 1. The van der Waals surface area contributed by atoms with E-state index in [0.717, 1.165) is 5.56 Å². The number of nitro benzene ring substituents is 1. The Kier molecular flexibility index (Phi) is 6.11. The Morgan fingerprint density at radius 3 is 2.80 bits per heavy atom. The molecular weight excluding hydrogens is 260 g/mol. The molecule has 0 aromatic heterocycles. The minimum absolute atomic E-state index is 0.0304. The maximum atomic E-state index is 11.9. The monoisotopic (exact) mass is 280 g/mol. The molecule has 0 saturated heterocycles. The molecule has 20 heavy (non-hydrogen) atoms. The number of non-ortho nitro benzene ring substituents is 1. The fourth-order valence-electron chi connectivity index (χ4n) is 1.77. The molecule has 0 bridgehead atoms. The van der Waals surface area contributed by atoms with E-state index < -0.39 is 11.0 Å². The Balaban J connectivity index is 2.48. The summed E-state index contributed by atoms with van der Waals surface area (Å²) in [4.78, 5) is 23.6. The van der Waals surface area contributed by atoms with Gasteiger partial charge in [-0.05, 0) is 25.3 Å². The molecule has 1 aromatic rings. The Bertz CT molecular complexity index is 474. The lowest BCUT2D eigenvalue weighted by molar-refractivity contribution is -0.384. The molecule has 0 aliphatic carbocycles. The van der Waals surface area contributed by atoms with Gasteiger partial charge in [-0.15, -0.1) is 0 Å². The highest BCUT2D eigenvalue weighted by Crippen LogP contribution is 2.14. The lowest BCUT2D eigenvalue weighted by Crippen LogP contribution is -2.29. The lowest BCUT2D eigenvalue weighted by atomic mass is 10.1. The molecule has 0 heterocycles. The lowest BCUT2D eigenvalue weighted by Gasteiger charge is -2.17. The number of benzene rings is 1. The molecule has 1 amide bonds. The summed E-state index contributed by atoms with van der Waals surface area (Å²) in [7, 11) is 1.69. The Labute approximate surface area is 118 Å². The topological polar surface area (TPSA) is 83.7 Å². The van der Waals surface area contributed by atoms with Crippen LogP contribution >= 0.6 is 0 Å². The Hall–Kier alpha value is -1.95. The van der Waals surface area contributed by atoms with Gasteiger partial charge in [0.1, 0.15) is 0 Å². The zero-order valence-corrected chi connectivity index (χ0v) is 11.8. The Morgan fingerprint density at radius 1 is 1.50 bits per heavy atom. The van der Waals surface area contributed by atoms with E-state index in [1.54, 1.807) is 31.0 Å². The van der Waals surface area contributed by atoms with Gasteiger partial charge in [0.05, 0.1) is 11.0 Å². The summed E-state index contributed by atoms with van der Waals surface area (Å²) in [6, 6.07) is 6.31. The number of nitrogens with zero attached hydrogens (tertiary/aromatic N) is 2. The molecule has 0 radical (unpaired) electrons. The van der Waals surface area contributed by atoms with Gasteiger partial charge in [-0.25, -0.2) is 0 Å². The molecule has 1 N–H and O–H groups in total. The van der Waals surface area contributed by atoms with Gasteiger partial charge in [0.2, 0.25) is 5.91 Å². The first-order valence-electron chi connectivity index (χ1n) is 6.55. The zero-order valence-electron chi connectivity index (χ0n) is 11.8. The number of nitro groups is 1. The summed E-state index contributed by atoms with van der Waals surface area (Å²) >= 11 is 0. The van der Waals surface area contributed by atoms with E-state index in [2.05, 4.69) is 0 Å². The highest BCUT2D eigenvalue weighted by atomic mass is 16.6. The standard InChI is InChI=1S/C14H20N2O4/c1-11(17)8-9-15(2)14(18)7-6-12-4-3-5-13(10-12)16(19)20/h3-5,10-11,17H,6-9H2,1-2H3. The predicted octanol–water partition coefficient (Wildman–Crippen LogP) is 1.76. The van der Waals surface area contributed by atoms with E-state index in [4.69, 9.17) is 0 Å². The normalized spacial score (nSPS) is 11.9. The average Bonchev–Trinajstić information content (AvgIpc) is 2.42. The van der Waals surface area contributed by atoms with Crippen molar-refractivity contribution in [3.8, 4) is 0 Å². The number of hydrogen-bond acceptors (Lipinski definition) is 4. The first-order valence-corrected chi connectivity index (χ1v) is 6.55. The van der Waals surface area contributed by atoms with Crippen molar-refractivity contribution < 1.29 is 14.8 Å². The highest BCUT2D eigenvalue weighted by Gasteiger charge is 2.11. The van der Waals surface area contributed by atoms with Crippen LogP contribution in [0.25, 0.3) is 0 Å². The summed E-state index contributed by atoms with van der Waals surface area (Å²) in [5.74, 6) is -0.0304. The first-order chi connectivity index (χ1) is 9.40. The van der Waals surface area contributed by atoms with Gasteiger partial charge in [0.25, 0.3) is 5.69 Å². The summed E-state index contributed by atoms with van der Waals surface area (Å²) < 4.78 is 0. The van der Waals surface area contributed by atoms with Gasteiger partial charge >= 0.3 is 0 Å². The number of carbonyl (C=O) groups excluding carboxylic acids is 1. The molecule has 0 saturated carbocycles. The zero-order chi connectivity index (χ0) is 15.1. The van der Waals surface area contributed by atoms with Gasteiger partial charge in [-0.2, -0.15) is 0 Å². The van der Waals surface area contributed by atoms with Crippen LogP contribution in [0.2, 0.25) is 0 Å². The molecule has 1 rings (SSSR count). The minimum Gasteiger partial charge on any atom is -0.393 e. The summed E-state index contributed by atoms with van der Waals surface area (Å²) in [5, 5.41) is 19.8. The van der Waals surface area contributed by atoms with Crippen LogP contribution in [-0.4, -0.2) is 40.5 Å². The van der Waals surface area contributed by atoms with E-state index in [-0.39, 0.29) is 11.6 Å². The average molecular weight is 280 g/mol. The molecule has 6 heteroatoms. The second-order valence-electron chi connectivity index (χ2n) is 4.88. The summed E-state index contributed by atoms with van der Waals surface area (Å²) in [6.45, 7) is 2.19. The number of hydrogen-bond donors (Lipinski definition) is 1. The van der Waals surface area contributed by atoms with Crippen molar-refractivity contribution in [3.05, 3.63) is 39.9 Å². The van der Waals surface area contributed by atoms with Gasteiger partial charge in [0, 0.05) is 32.1 Å². The second-order valence-corrected chi connectivity index (χ2v) is 4.88. The smallest absolute Gasteiger partial charge is 0.269 e. The molecule has 0 aliphatic rings. The maximum Gasteiger partial charge on any atom is 0.269 e. The van der Waals surface area contributed by atoms with Crippen LogP contribution in [0.1, 0.15) is 25.3 Å². The van der Waals surface area contributed by atoms with Crippen LogP contribution in [0.15, 0.2) is 24.3 Å². The van der Waals surface area contributed by atoms with E-state index >= 15 is 0 Å². The van der Waals surface area contributed by atoms with Crippen LogP contribution in [0.4, 0.5) is 5.69 Å². The van der Waals surface area contributed by atoms with Gasteiger partial charge in [0.15, 0.2) is 0 Å². The van der Waals surface area contributed by atoms with Crippen molar-refractivity contribution >= 4 is 11.6 Å². The molecule has 1 unspecified atom stereocenters. The van der Waals surface area contributed by atoms with Crippen molar-refractivity contribution in [3.63, 3.8) is 0 Å². The van der Waals surface area contributed by atoms with Gasteiger partial charge < -0.3 is 10.0 Å². The predicted molar refractivity (Wildman–Crippen MR) is 75.4 cm³/mol. The van der Waals surface area contributed by atoms with Crippen molar-refractivity contribution in [2.45, 2.75) is 32.3 Å². The maximum absolute atomic E-state index is 11.9. The third kappa shape index (κ3) is 5.36. The third-order valence-electron chi connectivity index (χ3n) is 3.06. The SMILES string of the molecule is CC(O)CCN(C)C(=O)CCc1cccc([N+](=O)[O-])c1. The molecule has 1 atom stereocenters. The molecular formula is C14H20N2O4. The number of aryl methyl sites for hydroxylation is 1. The molecule has 110 valence electrons. The quantitative estimate of drug-likeness (QED) is 0.609. The van der Waals surface area contributed by atoms with E-state index in [9.17, 15) is 20.0 Å². The van der Waals surface area contributed by atoms with Crippen molar-refractivity contribution in [2.24, 2.45) is 0 Å². The van der Waals surface area contributed by atoms with Crippen molar-refractivity contribution in [1.29, 1.82) is 0 Å². The second kappa shape index (κ2) is 7.59. The van der Waals surface area contributed by atoms with E-state index in [1.165, 1.54) is 12.1 Å². The van der Waals surface area contributed by atoms with Gasteiger partial charge in [-0.3, -0.25) is 14.9 Å². The van der Waals surface area contributed by atoms with Crippen molar-refractivity contribution in [1.82, 2.24) is 4.90 Å². The van der Waals surface area contributed by atoms with Crippen LogP contribution in [0.5, 0.6) is 0 Å². The number of amides is 1. The van der Waals surface area contributed by atoms with E-state index in [1.807, 2.05) is 0 Å². The first kappa shape index (κ1) is 16.1. The number of carbonyl (C=O) groups is 1. The van der Waals surface area contributed by atoms with E-state index in [0.29, 0.717) is 25.8 Å². The van der Waals surface area contributed by atoms with Crippen LogP contribution < -0.4 is 0 Å². The van der Waals surface area contributed by atoms with Crippen LogP contribution in [-0.2, 0) is 11.2 Å². The summed E-state index contributed by atoms with van der Waals surface area (Å²) in [5.41, 5.74) is 0.814. The minimum atomic E-state index is -0.444.